The van der Waals surface area contributed by atoms with Crippen LogP contribution in [0, 0.1) is 5.82 Å². The van der Waals surface area contributed by atoms with Gasteiger partial charge in [0.2, 0.25) is 0 Å². The number of halogens is 1. The van der Waals surface area contributed by atoms with Crippen LogP contribution >= 0.6 is 0 Å². The van der Waals surface area contributed by atoms with Crippen molar-refractivity contribution in [2.45, 2.75) is 25.2 Å². The van der Waals surface area contributed by atoms with Crippen LogP contribution in [0.4, 0.5) is 4.39 Å². The van der Waals surface area contributed by atoms with Crippen LogP contribution in [0.25, 0.3) is 22.0 Å². The van der Waals surface area contributed by atoms with E-state index in [1.807, 2.05) is 42.2 Å². The van der Waals surface area contributed by atoms with E-state index in [2.05, 4.69) is 11.1 Å². The lowest BCUT2D eigenvalue weighted by Gasteiger charge is -2.12. The number of hydrogen-bond acceptors (Lipinski definition) is 2. The molecule has 0 unspecified atom stereocenters. The Kier molecular flexibility index (Phi) is 4.39. The summed E-state index contributed by atoms with van der Waals surface area (Å²) in [6.07, 6.45) is 6.39. The van der Waals surface area contributed by atoms with Gasteiger partial charge in [-0.15, -0.1) is 0 Å². The normalized spacial score (nSPS) is 13.7. The zero-order valence-electron chi connectivity index (χ0n) is 16.6. The van der Waals surface area contributed by atoms with Gasteiger partial charge in [-0.1, -0.05) is 12.1 Å². The van der Waals surface area contributed by atoms with E-state index in [-0.39, 0.29) is 11.4 Å². The number of aromatic carboxylic acids is 1. The third kappa shape index (κ3) is 3.36. The van der Waals surface area contributed by atoms with Gasteiger partial charge in [-0.05, 0) is 71.8 Å². The van der Waals surface area contributed by atoms with Gasteiger partial charge in [0.15, 0.2) is 0 Å². The maximum atomic E-state index is 13.9. The SMILES string of the molecule is Cn1ccc2cc(Cc3ncc(C4CC4)cc3C(=O)O)cc(-c3cccc(F)c3)c21. The van der Waals surface area contributed by atoms with E-state index < -0.39 is 5.97 Å². The largest absolute Gasteiger partial charge is 0.478 e. The minimum Gasteiger partial charge on any atom is -0.478 e. The van der Waals surface area contributed by atoms with Crippen molar-refractivity contribution < 1.29 is 14.3 Å². The summed E-state index contributed by atoms with van der Waals surface area (Å²) in [5.41, 5.74) is 5.49. The van der Waals surface area contributed by atoms with Gasteiger partial charge in [-0.2, -0.15) is 0 Å². The molecule has 1 aliphatic rings. The van der Waals surface area contributed by atoms with Crippen molar-refractivity contribution in [3.8, 4) is 11.1 Å². The summed E-state index contributed by atoms with van der Waals surface area (Å²) >= 11 is 0. The van der Waals surface area contributed by atoms with E-state index in [9.17, 15) is 14.3 Å². The molecule has 150 valence electrons. The molecule has 0 spiro atoms. The van der Waals surface area contributed by atoms with Gasteiger partial charge in [0.1, 0.15) is 5.82 Å². The van der Waals surface area contributed by atoms with E-state index in [0.717, 1.165) is 46.0 Å². The van der Waals surface area contributed by atoms with Crippen molar-refractivity contribution in [3.05, 3.63) is 89.1 Å². The standard InChI is InChI=1S/C25H21FN2O2/c1-28-8-7-18-9-15(10-21(24(18)28)17-3-2-4-20(26)12-17)11-23-22(25(29)30)13-19(14-27-23)16-5-6-16/h2-4,7-10,12-14,16H,5-6,11H2,1H3,(H,29,30). The number of rotatable bonds is 5. The molecule has 30 heavy (non-hydrogen) atoms. The van der Waals surface area contributed by atoms with E-state index in [1.54, 1.807) is 12.1 Å². The van der Waals surface area contributed by atoms with Crippen LogP contribution in [0.5, 0.6) is 0 Å². The van der Waals surface area contributed by atoms with Crippen LogP contribution in [0.2, 0.25) is 0 Å². The zero-order valence-corrected chi connectivity index (χ0v) is 16.6. The first kappa shape index (κ1) is 18.6. The Balaban J connectivity index is 1.61. The number of carboxylic acid groups (broad SMARTS) is 1. The molecule has 0 bridgehead atoms. The summed E-state index contributed by atoms with van der Waals surface area (Å²) in [7, 11) is 1.96. The minimum absolute atomic E-state index is 0.264. The number of aryl methyl sites for hydroxylation is 1. The molecule has 0 amide bonds. The third-order valence-electron chi connectivity index (χ3n) is 5.81. The van der Waals surface area contributed by atoms with E-state index in [1.165, 1.54) is 12.1 Å². The number of aromatic nitrogens is 2. The van der Waals surface area contributed by atoms with Crippen LogP contribution in [0.3, 0.4) is 0 Å². The Bertz CT molecular complexity index is 1290. The van der Waals surface area contributed by atoms with Gasteiger partial charge in [-0.25, -0.2) is 9.18 Å². The van der Waals surface area contributed by atoms with Gasteiger partial charge < -0.3 is 9.67 Å². The second-order valence-corrected chi connectivity index (χ2v) is 8.04. The quantitative estimate of drug-likeness (QED) is 0.478. The molecule has 2 aromatic heterocycles. The first-order valence-electron chi connectivity index (χ1n) is 10.1. The molecule has 1 N–H and O–H groups in total. The lowest BCUT2D eigenvalue weighted by molar-refractivity contribution is 0.0695. The zero-order chi connectivity index (χ0) is 20.8. The summed E-state index contributed by atoms with van der Waals surface area (Å²) in [5.74, 6) is -0.790. The van der Waals surface area contributed by atoms with Gasteiger partial charge in [0, 0.05) is 36.8 Å². The Morgan fingerprint density at radius 3 is 2.77 bits per heavy atom. The molecule has 0 atom stereocenters. The van der Waals surface area contributed by atoms with Crippen molar-refractivity contribution >= 4 is 16.9 Å². The molecule has 1 fully saturated rings. The van der Waals surface area contributed by atoms with E-state index >= 15 is 0 Å². The van der Waals surface area contributed by atoms with Crippen LogP contribution in [0.1, 0.15) is 45.9 Å². The number of benzene rings is 2. The molecule has 1 saturated carbocycles. The van der Waals surface area contributed by atoms with Crippen molar-refractivity contribution in [3.63, 3.8) is 0 Å². The molecule has 1 aliphatic carbocycles. The van der Waals surface area contributed by atoms with Crippen LogP contribution in [0.15, 0.2) is 60.9 Å². The highest BCUT2D eigenvalue weighted by atomic mass is 19.1. The summed E-state index contributed by atoms with van der Waals surface area (Å²) in [4.78, 5) is 16.4. The fourth-order valence-corrected chi connectivity index (χ4v) is 4.15. The van der Waals surface area contributed by atoms with Gasteiger partial charge in [0.25, 0.3) is 0 Å². The summed E-state index contributed by atoms with van der Waals surface area (Å²) in [5, 5.41) is 10.8. The van der Waals surface area contributed by atoms with Gasteiger partial charge in [0.05, 0.1) is 16.8 Å². The molecule has 2 heterocycles. The third-order valence-corrected chi connectivity index (χ3v) is 5.81. The van der Waals surface area contributed by atoms with E-state index in [0.29, 0.717) is 18.0 Å². The summed E-state index contributed by atoms with van der Waals surface area (Å²) in [6, 6.07) is 14.4. The first-order chi connectivity index (χ1) is 14.5. The van der Waals surface area contributed by atoms with Gasteiger partial charge >= 0.3 is 5.97 Å². The minimum atomic E-state index is -0.953. The highest BCUT2D eigenvalue weighted by Crippen LogP contribution is 2.40. The summed E-state index contributed by atoms with van der Waals surface area (Å²) in [6.45, 7) is 0. The van der Waals surface area contributed by atoms with Gasteiger partial charge in [-0.3, -0.25) is 4.98 Å². The Labute approximate surface area is 173 Å². The number of pyridine rings is 1. The highest BCUT2D eigenvalue weighted by Gasteiger charge is 2.26. The number of hydrogen-bond donors (Lipinski definition) is 1. The maximum Gasteiger partial charge on any atom is 0.337 e. The topological polar surface area (TPSA) is 55.1 Å². The predicted octanol–water partition coefficient (Wildman–Crippen LogP) is 5.55. The van der Waals surface area contributed by atoms with Crippen molar-refractivity contribution in [1.29, 1.82) is 0 Å². The van der Waals surface area contributed by atoms with Crippen LogP contribution in [-0.4, -0.2) is 20.6 Å². The van der Waals surface area contributed by atoms with E-state index in [4.69, 9.17) is 0 Å². The fourth-order valence-electron chi connectivity index (χ4n) is 4.15. The molecule has 4 aromatic rings. The highest BCUT2D eigenvalue weighted by molar-refractivity contribution is 5.95. The first-order valence-corrected chi connectivity index (χ1v) is 10.1. The number of carbonyl (C=O) groups is 1. The van der Waals surface area contributed by atoms with Crippen molar-refractivity contribution in [1.82, 2.24) is 9.55 Å². The molecule has 0 saturated heterocycles. The summed E-state index contributed by atoms with van der Waals surface area (Å²) < 4.78 is 15.9. The molecule has 2 aromatic carbocycles. The second kappa shape index (κ2) is 7.10. The molecule has 5 rings (SSSR count). The maximum absolute atomic E-state index is 13.9. The average molecular weight is 400 g/mol. The monoisotopic (exact) mass is 400 g/mol. The molecular weight excluding hydrogens is 379 g/mol. The number of fused-ring (bicyclic) bond motifs is 1. The Morgan fingerprint density at radius 1 is 1.20 bits per heavy atom. The Hall–Kier alpha value is -3.47. The van der Waals surface area contributed by atoms with Crippen molar-refractivity contribution in [2.75, 3.05) is 0 Å². The lowest BCUT2D eigenvalue weighted by atomic mass is 9.96. The average Bonchev–Trinajstić information content (AvgIpc) is 3.51. The van der Waals surface area contributed by atoms with Crippen LogP contribution < -0.4 is 0 Å². The predicted molar refractivity (Wildman–Crippen MR) is 114 cm³/mol. The lowest BCUT2D eigenvalue weighted by Crippen LogP contribution is -2.07. The molecule has 4 nitrogen and oxygen atoms in total. The Morgan fingerprint density at radius 2 is 2.03 bits per heavy atom. The fraction of sp³-hybridized carbons (Fsp3) is 0.200. The second-order valence-electron chi connectivity index (χ2n) is 8.04. The van der Waals surface area contributed by atoms with Crippen LogP contribution in [-0.2, 0) is 13.5 Å². The molecular formula is C25H21FN2O2. The molecule has 0 radical (unpaired) electrons. The smallest absolute Gasteiger partial charge is 0.337 e. The molecule has 5 heteroatoms. The van der Waals surface area contributed by atoms with Crippen molar-refractivity contribution in [2.24, 2.45) is 7.05 Å². The number of carboxylic acids is 1. The molecule has 0 aliphatic heterocycles. The number of nitrogens with zero attached hydrogens (tertiary/aromatic N) is 2.